The standard InChI is InChI=1S/C20H34N2O11/c1-31-17-11(5-20(30,9-24)6-12(17)25)22-7-10(4-14(21)26)2-3-32-18-13(8-23)33-19(29)16(28)15(18)27/h10,13,15-16,18-19,22-24,27-30H,2-9H2,1H3,(H2,21,26)/t10?,13-,15-,16-,18-,19+,20?/m1/s1. The summed E-state index contributed by atoms with van der Waals surface area (Å²) in [4.78, 5) is 23.8. The van der Waals surface area contributed by atoms with Crippen LogP contribution >= 0.6 is 0 Å². The molecular formula is C20H34N2O11. The summed E-state index contributed by atoms with van der Waals surface area (Å²) < 4.78 is 15.7. The fraction of sp³-hybridized carbons (Fsp3) is 0.800. The molecule has 0 bridgehead atoms. The maximum Gasteiger partial charge on any atom is 0.217 e. The van der Waals surface area contributed by atoms with Crippen molar-refractivity contribution in [3.8, 4) is 0 Å². The molecule has 1 saturated heterocycles. The lowest BCUT2D eigenvalue weighted by Crippen LogP contribution is -2.59. The van der Waals surface area contributed by atoms with E-state index in [-0.39, 0.29) is 50.3 Å². The first-order valence-corrected chi connectivity index (χ1v) is 10.6. The van der Waals surface area contributed by atoms with E-state index in [4.69, 9.17) is 19.9 Å². The van der Waals surface area contributed by atoms with Gasteiger partial charge in [-0.3, -0.25) is 9.59 Å². The van der Waals surface area contributed by atoms with Gasteiger partial charge in [0.15, 0.2) is 12.0 Å². The molecule has 1 aliphatic carbocycles. The summed E-state index contributed by atoms with van der Waals surface area (Å²) in [6.07, 6.45) is -7.09. The van der Waals surface area contributed by atoms with Crippen LogP contribution in [0.5, 0.6) is 0 Å². The van der Waals surface area contributed by atoms with E-state index in [0.717, 1.165) is 0 Å². The van der Waals surface area contributed by atoms with E-state index < -0.39 is 67.1 Å². The Morgan fingerprint density at radius 1 is 1.27 bits per heavy atom. The van der Waals surface area contributed by atoms with Crippen LogP contribution in [0.4, 0.5) is 0 Å². The number of Topliss-reactive ketones (excluding diaryl/α,β-unsaturated/α-hetero) is 1. The number of rotatable bonds is 12. The molecule has 13 heteroatoms. The molecule has 2 rings (SSSR count). The van der Waals surface area contributed by atoms with Gasteiger partial charge in [-0.05, 0) is 12.3 Å². The molecule has 0 aromatic heterocycles. The number of allylic oxidation sites excluding steroid dienone is 1. The van der Waals surface area contributed by atoms with E-state index >= 15 is 0 Å². The summed E-state index contributed by atoms with van der Waals surface area (Å²) in [5.74, 6) is -1.41. The van der Waals surface area contributed by atoms with Gasteiger partial charge in [0.25, 0.3) is 0 Å². The normalized spacial score (nSPS) is 33.7. The lowest BCUT2D eigenvalue weighted by atomic mass is 9.86. The molecule has 0 aromatic rings. The Labute approximate surface area is 190 Å². The molecule has 1 heterocycles. The maximum absolute atomic E-state index is 12.2. The van der Waals surface area contributed by atoms with E-state index in [2.05, 4.69) is 5.32 Å². The van der Waals surface area contributed by atoms with Crippen LogP contribution in [0.1, 0.15) is 25.7 Å². The molecule has 0 saturated carbocycles. The van der Waals surface area contributed by atoms with E-state index in [0.29, 0.717) is 0 Å². The number of amides is 1. The number of ether oxygens (including phenoxy) is 3. The van der Waals surface area contributed by atoms with Gasteiger partial charge >= 0.3 is 0 Å². The highest BCUT2D eigenvalue weighted by molar-refractivity contribution is 5.95. The zero-order chi connectivity index (χ0) is 24.8. The Morgan fingerprint density at radius 3 is 2.55 bits per heavy atom. The number of nitrogens with one attached hydrogen (secondary N) is 1. The number of aliphatic hydroxyl groups is 6. The molecule has 2 aliphatic rings. The molecule has 1 fully saturated rings. The molecule has 0 radical (unpaired) electrons. The number of methoxy groups -OCH3 is 1. The Balaban J connectivity index is 2.00. The molecule has 13 nitrogen and oxygen atoms in total. The van der Waals surface area contributed by atoms with Crippen molar-refractivity contribution >= 4 is 11.7 Å². The summed E-state index contributed by atoms with van der Waals surface area (Å²) in [7, 11) is 1.31. The average molecular weight is 478 g/mol. The zero-order valence-corrected chi connectivity index (χ0v) is 18.4. The van der Waals surface area contributed by atoms with E-state index in [1.54, 1.807) is 0 Å². The Hall–Kier alpha value is -1.84. The van der Waals surface area contributed by atoms with Gasteiger partial charge in [-0.1, -0.05) is 0 Å². The second-order valence-corrected chi connectivity index (χ2v) is 8.44. The van der Waals surface area contributed by atoms with Crippen molar-refractivity contribution in [2.45, 2.75) is 62.0 Å². The molecule has 0 aromatic carbocycles. The van der Waals surface area contributed by atoms with Crippen LogP contribution in [0.2, 0.25) is 0 Å². The van der Waals surface area contributed by atoms with Gasteiger partial charge in [-0.2, -0.15) is 0 Å². The monoisotopic (exact) mass is 478 g/mol. The lowest BCUT2D eigenvalue weighted by Gasteiger charge is -2.40. The van der Waals surface area contributed by atoms with Crippen LogP contribution in [-0.2, 0) is 23.8 Å². The van der Waals surface area contributed by atoms with Crippen LogP contribution in [0.15, 0.2) is 11.5 Å². The fourth-order valence-corrected chi connectivity index (χ4v) is 3.98. The highest BCUT2D eigenvalue weighted by Crippen LogP contribution is 2.30. The van der Waals surface area contributed by atoms with Crippen molar-refractivity contribution in [1.82, 2.24) is 5.32 Å². The largest absolute Gasteiger partial charge is 0.491 e. The molecule has 9 N–H and O–H groups in total. The summed E-state index contributed by atoms with van der Waals surface area (Å²) in [6, 6.07) is 0. The Kier molecular flexibility index (Phi) is 10.00. The SMILES string of the molecule is COC1=C(NCC(CCO[C@H]2[C@H](O)[C@@H](O)[C@@H](O)O[C@@H]2CO)CC(N)=O)CC(O)(CO)CC1=O. The summed E-state index contributed by atoms with van der Waals surface area (Å²) in [5, 5.41) is 61.7. The molecular weight excluding hydrogens is 444 g/mol. The van der Waals surface area contributed by atoms with Crippen LogP contribution in [0, 0.1) is 5.92 Å². The van der Waals surface area contributed by atoms with Gasteiger partial charge in [-0.15, -0.1) is 0 Å². The second kappa shape index (κ2) is 12.0. The van der Waals surface area contributed by atoms with Gasteiger partial charge in [0.1, 0.15) is 30.0 Å². The van der Waals surface area contributed by atoms with E-state index in [1.807, 2.05) is 0 Å². The predicted octanol–water partition coefficient (Wildman–Crippen LogP) is -3.78. The van der Waals surface area contributed by atoms with Crippen molar-refractivity contribution in [3.63, 3.8) is 0 Å². The van der Waals surface area contributed by atoms with Crippen molar-refractivity contribution in [2.75, 3.05) is 33.5 Å². The number of aliphatic hydroxyl groups excluding tert-OH is 5. The number of hydrogen-bond donors (Lipinski definition) is 8. The summed E-state index contributed by atoms with van der Waals surface area (Å²) in [5.41, 5.74) is 4.00. The Morgan fingerprint density at radius 2 is 1.97 bits per heavy atom. The smallest absolute Gasteiger partial charge is 0.217 e. The third kappa shape index (κ3) is 7.07. The predicted molar refractivity (Wildman–Crippen MR) is 110 cm³/mol. The number of ketones is 1. The number of primary amides is 1. The van der Waals surface area contributed by atoms with Gasteiger partial charge < -0.3 is 55.9 Å². The highest BCUT2D eigenvalue weighted by atomic mass is 16.7. The molecule has 0 spiro atoms. The topological polar surface area (TPSA) is 221 Å². The molecule has 2 unspecified atom stereocenters. The van der Waals surface area contributed by atoms with Crippen LogP contribution in [0.3, 0.4) is 0 Å². The molecule has 7 atom stereocenters. The van der Waals surface area contributed by atoms with Gasteiger partial charge in [0.2, 0.25) is 11.7 Å². The average Bonchev–Trinajstić information content (AvgIpc) is 2.76. The minimum absolute atomic E-state index is 0.0142. The van der Waals surface area contributed by atoms with Gasteiger partial charge in [0.05, 0.1) is 26.0 Å². The fourth-order valence-electron chi connectivity index (χ4n) is 3.98. The minimum Gasteiger partial charge on any atom is -0.491 e. The molecule has 1 aliphatic heterocycles. The van der Waals surface area contributed by atoms with Crippen LogP contribution < -0.4 is 11.1 Å². The number of carbonyl (C=O) groups is 2. The number of hydrogen-bond acceptors (Lipinski definition) is 12. The van der Waals surface area contributed by atoms with Gasteiger partial charge in [-0.25, -0.2) is 0 Å². The van der Waals surface area contributed by atoms with Crippen molar-refractivity contribution < 1.29 is 54.4 Å². The van der Waals surface area contributed by atoms with Crippen molar-refractivity contribution in [1.29, 1.82) is 0 Å². The molecule has 33 heavy (non-hydrogen) atoms. The minimum atomic E-state index is -1.66. The number of nitrogens with two attached hydrogens (primary N) is 1. The lowest BCUT2D eigenvalue weighted by molar-refractivity contribution is -0.294. The van der Waals surface area contributed by atoms with Crippen LogP contribution in [0.25, 0.3) is 0 Å². The first kappa shape index (κ1) is 27.4. The van der Waals surface area contributed by atoms with Crippen molar-refractivity contribution in [3.05, 3.63) is 11.5 Å². The van der Waals surface area contributed by atoms with Crippen LogP contribution in [-0.4, -0.2) is 112 Å². The van der Waals surface area contributed by atoms with E-state index in [9.17, 15) is 40.2 Å². The Bertz CT molecular complexity index is 716. The third-order valence-corrected chi connectivity index (χ3v) is 5.79. The molecule has 1 amide bonds. The van der Waals surface area contributed by atoms with Gasteiger partial charge in [0, 0.05) is 32.4 Å². The zero-order valence-electron chi connectivity index (χ0n) is 18.4. The highest BCUT2D eigenvalue weighted by Gasteiger charge is 2.44. The third-order valence-electron chi connectivity index (χ3n) is 5.79. The quantitative estimate of drug-likeness (QED) is 0.135. The van der Waals surface area contributed by atoms with E-state index in [1.165, 1.54) is 7.11 Å². The maximum atomic E-state index is 12.2. The van der Waals surface area contributed by atoms with Crippen molar-refractivity contribution in [2.24, 2.45) is 11.7 Å². The first-order valence-electron chi connectivity index (χ1n) is 10.6. The number of carbonyl (C=O) groups excluding carboxylic acids is 2. The first-order chi connectivity index (χ1) is 15.5. The summed E-state index contributed by atoms with van der Waals surface area (Å²) in [6.45, 7) is -1.04. The summed E-state index contributed by atoms with van der Waals surface area (Å²) >= 11 is 0. The second-order valence-electron chi connectivity index (χ2n) is 8.44. The molecule has 190 valence electrons.